The van der Waals surface area contributed by atoms with Crippen LogP contribution < -0.4 is 10.4 Å². The van der Waals surface area contributed by atoms with Crippen molar-refractivity contribution in [3.05, 3.63) is 101 Å². The van der Waals surface area contributed by atoms with Crippen molar-refractivity contribution in [1.29, 1.82) is 0 Å². The van der Waals surface area contributed by atoms with Gasteiger partial charge in [-0.25, -0.2) is 4.79 Å². The third kappa shape index (κ3) is 4.01. The molecule has 5 rings (SSSR count). The molecule has 1 saturated heterocycles. The van der Waals surface area contributed by atoms with Gasteiger partial charge in [-0.15, -0.1) is 0 Å². The number of aryl methyl sites for hydroxylation is 1. The van der Waals surface area contributed by atoms with Crippen molar-refractivity contribution in [3.63, 3.8) is 0 Å². The molecule has 34 heavy (non-hydrogen) atoms. The van der Waals surface area contributed by atoms with Gasteiger partial charge < -0.3 is 9.64 Å². The lowest BCUT2D eigenvalue weighted by atomic mass is 10.2. The summed E-state index contributed by atoms with van der Waals surface area (Å²) >= 11 is 0. The number of aromatic nitrogens is 3. The van der Waals surface area contributed by atoms with E-state index in [1.165, 1.54) is 11.6 Å². The SMILES string of the molecule is C=CC(=O)N1CC[C@@H](n2c(=O)n(-c3ccc(OCc4ccc(C)cc4)cc3)c3cnccc32)C1. The molecule has 7 heteroatoms. The number of pyridine rings is 1. The lowest BCUT2D eigenvalue weighted by Gasteiger charge is -2.15. The van der Waals surface area contributed by atoms with E-state index in [9.17, 15) is 9.59 Å². The average Bonchev–Trinajstić information content (AvgIpc) is 3.45. The number of ether oxygens (including phenoxy) is 1. The highest BCUT2D eigenvalue weighted by atomic mass is 16.5. The molecule has 0 bridgehead atoms. The Balaban J connectivity index is 1.43. The molecule has 0 saturated carbocycles. The average molecular weight is 455 g/mol. The molecule has 1 aliphatic heterocycles. The maximum absolute atomic E-state index is 13.6. The lowest BCUT2D eigenvalue weighted by molar-refractivity contribution is -0.125. The first kappa shape index (κ1) is 21.7. The number of benzene rings is 2. The van der Waals surface area contributed by atoms with Crippen molar-refractivity contribution in [2.75, 3.05) is 13.1 Å². The molecule has 0 N–H and O–H groups in total. The Morgan fingerprint density at radius 3 is 2.62 bits per heavy atom. The normalized spacial score (nSPS) is 15.6. The number of amides is 1. The van der Waals surface area contributed by atoms with Crippen LogP contribution in [0.1, 0.15) is 23.6 Å². The first-order chi connectivity index (χ1) is 16.5. The minimum Gasteiger partial charge on any atom is -0.489 e. The van der Waals surface area contributed by atoms with Crippen molar-refractivity contribution < 1.29 is 9.53 Å². The number of carbonyl (C=O) groups excluding carboxylic acids is 1. The van der Waals surface area contributed by atoms with Gasteiger partial charge in [0.05, 0.1) is 29.0 Å². The summed E-state index contributed by atoms with van der Waals surface area (Å²) in [6, 6.07) is 17.5. The van der Waals surface area contributed by atoms with E-state index in [-0.39, 0.29) is 17.6 Å². The van der Waals surface area contributed by atoms with E-state index in [2.05, 4.69) is 42.8 Å². The summed E-state index contributed by atoms with van der Waals surface area (Å²) in [7, 11) is 0. The Bertz CT molecular complexity index is 1400. The molecule has 3 heterocycles. The molecule has 1 amide bonds. The van der Waals surface area contributed by atoms with Crippen LogP contribution in [0.4, 0.5) is 0 Å². The number of imidazole rings is 1. The van der Waals surface area contributed by atoms with Crippen LogP contribution in [0.25, 0.3) is 16.7 Å². The number of fused-ring (bicyclic) bond motifs is 1. The van der Waals surface area contributed by atoms with Gasteiger partial charge >= 0.3 is 5.69 Å². The summed E-state index contributed by atoms with van der Waals surface area (Å²) < 4.78 is 9.38. The summed E-state index contributed by atoms with van der Waals surface area (Å²) in [5.41, 5.74) is 4.44. The van der Waals surface area contributed by atoms with Crippen molar-refractivity contribution in [1.82, 2.24) is 19.0 Å². The summed E-state index contributed by atoms with van der Waals surface area (Å²) in [5.74, 6) is 0.621. The fourth-order valence-electron chi connectivity index (χ4n) is 4.50. The number of hydrogen-bond acceptors (Lipinski definition) is 4. The summed E-state index contributed by atoms with van der Waals surface area (Å²) in [6.45, 7) is 7.19. The number of nitrogens with zero attached hydrogens (tertiary/aromatic N) is 4. The van der Waals surface area contributed by atoms with E-state index < -0.39 is 0 Å². The Morgan fingerprint density at radius 1 is 1.12 bits per heavy atom. The van der Waals surface area contributed by atoms with Gasteiger partial charge in [0.1, 0.15) is 12.4 Å². The molecule has 0 spiro atoms. The Kier molecular flexibility index (Phi) is 5.76. The summed E-state index contributed by atoms with van der Waals surface area (Å²) in [5, 5.41) is 0. The van der Waals surface area contributed by atoms with E-state index in [1.54, 1.807) is 26.4 Å². The number of rotatable bonds is 6. The lowest BCUT2D eigenvalue weighted by Crippen LogP contribution is -2.31. The smallest absolute Gasteiger partial charge is 0.334 e. The molecule has 0 aliphatic carbocycles. The number of hydrogen-bond donors (Lipinski definition) is 0. The monoisotopic (exact) mass is 454 g/mol. The van der Waals surface area contributed by atoms with E-state index in [1.807, 2.05) is 30.3 Å². The molecule has 7 nitrogen and oxygen atoms in total. The quantitative estimate of drug-likeness (QED) is 0.413. The first-order valence-corrected chi connectivity index (χ1v) is 11.3. The largest absolute Gasteiger partial charge is 0.489 e. The highest BCUT2D eigenvalue weighted by Gasteiger charge is 2.29. The second-order valence-electron chi connectivity index (χ2n) is 8.55. The van der Waals surface area contributed by atoms with Gasteiger partial charge in [-0.05, 0) is 55.3 Å². The zero-order valence-electron chi connectivity index (χ0n) is 19.1. The van der Waals surface area contributed by atoms with Gasteiger partial charge in [0, 0.05) is 19.3 Å². The van der Waals surface area contributed by atoms with E-state index in [0.29, 0.717) is 26.1 Å². The molecular formula is C27H26N4O3. The third-order valence-corrected chi connectivity index (χ3v) is 6.31. The maximum atomic E-state index is 13.6. The van der Waals surface area contributed by atoms with Crippen LogP contribution in [-0.4, -0.2) is 38.0 Å². The van der Waals surface area contributed by atoms with Gasteiger partial charge in [0.2, 0.25) is 5.91 Å². The van der Waals surface area contributed by atoms with Gasteiger partial charge in [-0.1, -0.05) is 36.4 Å². The van der Waals surface area contributed by atoms with Crippen molar-refractivity contribution in [2.45, 2.75) is 26.0 Å². The van der Waals surface area contributed by atoms with Gasteiger partial charge in [0.25, 0.3) is 0 Å². The fourth-order valence-corrected chi connectivity index (χ4v) is 4.50. The van der Waals surface area contributed by atoms with Crippen molar-refractivity contribution in [3.8, 4) is 11.4 Å². The number of carbonyl (C=O) groups is 1. The highest BCUT2D eigenvalue weighted by molar-refractivity contribution is 5.87. The summed E-state index contributed by atoms with van der Waals surface area (Å²) in [4.78, 5) is 31.6. The van der Waals surface area contributed by atoms with E-state index in [4.69, 9.17) is 4.74 Å². The van der Waals surface area contributed by atoms with E-state index in [0.717, 1.165) is 28.0 Å². The fraction of sp³-hybridized carbons (Fsp3) is 0.222. The van der Waals surface area contributed by atoms with Crippen LogP contribution in [0.15, 0.2) is 84.4 Å². The number of likely N-dealkylation sites (tertiary alicyclic amines) is 1. The second kappa shape index (κ2) is 9.02. The molecule has 4 aromatic rings. The topological polar surface area (TPSA) is 69.4 Å². The zero-order chi connectivity index (χ0) is 23.7. The molecular weight excluding hydrogens is 428 g/mol. The van der Waals surface area contributed by atoms with Crippen LogP contribution in [0.5, 0.6) is 5.75 Å². The van der Waals surface area contributed by atoms with Crippen LogP contribution in [-0.2, 0) is 11.4 Å². The molecule has 1 aliphatic rings. The van der Waals surface area contributed by atoms with Crippen molar-refractivity contribution >= 4 is 16.9 Å². The zero-order valence-corrected chi connectivity index (χ0v) is 19.1. The Hall–Kier alpha value is -4.13. The second-order valence-corrected chi connectivity index (χ2v) is 8.55. The predicted octanol–water partition coefficient (Wildman–Crippen LogP) is 4.03. The van der Waals surface area contributed by atoms with Crippen LogP contribution in [0, 0.1) is 6.92 Å². The van der Waals surface area contributed by atoms with Gasteiger partial charge in [-0.3, -0.25) is 18.9 Å². The standard InChI is InChI=1S/C27H26N4O3/c1-3-26(32)29-15-13-22(17-29)31-24-12-14-28-16-25(24)30(27(31)33)21-8-10-23(11-9-21)34-18-20-6-4-19(2)5-7-20/h3-12,14,16,22H,1,13,15,17-18H2,2H3/t22-/m1/s1. The molecule has 0 radical (unpaired) electrons. The highest BCUT2D eigenvalue weighted by Crippen LogP contribution is 2.27. The predicted molar refractivity (Wildman–Crippen MR) is 131 cm³/mol. The Labute approximate surface area is 197 Å². The van der Waals surface area contributed by atoms with Crippen LogP contribution in [0.2, 0.25) is 0 Å². The van der Waals surface area contributed by atoms with Crippen molar-refractivity contribution in [2.24, 2.45) is 0 Å². The van der Waals surface area contributed by atoms with Gasteiger partial charge in [0.15, 0.2) is 0 Å². The van der Waals surface area contributed by atoms with E-state index >= 15 is 0 Å². The Morgan fingerprint density at radius 2 is 1.88 bits per heavy atom. The minimum atomic E-state index is -0.144. The van der Waals surface area contributed by atoms with Gasteiger partial charge in [-0.2, -0.15) is 0 Å². The minimum absolute atomic E-state index is 0.0975. The van der Waals surface area contributed by atoms with Crippen LogP contribution >= 0.6 is 0 Å². The molecule has 2 aromatic heterocycles. The molecule has 172 valence electrons. The first-order valence-electron chi connectivity index (χ1n) is 11.3. The molecule has 1 atom stereocenters. The third-order valence-electron chi connectivity index (χ3n) is 6.31. The summed E-state index contributed by atoms with van der Waals surface area (Å²) in [6.07, 6.45) is 5.43. The molecule has 0 unspecified atom stereocenters. The molecule has 1 fully saturated rings. The van der Waals surface area contributed by atoms with Crippen LogP contribution in [0.3, 0.4) is 0 Å². The molecule has 2 aromatic carbocycles. The maximum Gasteiger partial charge on any atom is 0.334 e.